The summed E-state index contributed by atoms with van der Waals surface area (Å²) in [5.74, 6) is 0.237. The molecule has 5 nitrogen and oxygen atoms in total. The molecule has 5 aromatic rings. The van der Waals surface area contributed by atoms with Crippen LogP contribution in [0.3, 0.4) is 0 Å². The highest BCUT2D eigenvalue weighted by Crippen LogP contribution is 2.34. The summed E-state index contributed by atoms with van der Waals surface area (Å²) in [5, 5.41) is 7.06. The molecule has 0 aliphatic carbocycles. The Morgan fingerprint density at radius 3 is 2.88 bits per heavy atom. The van der Waals surface area contributed by atoms with Crippen LogP contribution < -0.4 is 5.56 Å². The van der Waals surface area contributed by atoms with E-state index in [1.54, 1.807) is 41.1 Å². The highest BCUT2D eigenvalue weighted by atomic mass is 35.5. The molecule has 0 amide bonds. The molecule has 10 heteroatoms. The molecule has 5 rings (SSSR count). The summed E-state index contributed by atoms with van der Waals surface area (Å²) in [4.78, 5) is 33.0. The quantitative estimate of drug-likeness (QED) is 0.122. The number of carbonyl (C=O) groups is 1. The first-order chi connectivity index (χ1) is 16.5. The summed E-state index contributed by atoms with van der Waals surface area (Å²) in [6, 6.07) is 9.88. The van der Waals surface area contributed by atoms with E-state index >= 15 is 0 Å². The molecule has 0 spiro atoms. The predicted octanol–water partition coefficient (Wildman–Crippen LogP) is 7.21. The van der Waals surface area contributed by atoms with Gasteiger partial charge >= 0.3 is 5.97 Å². The van der Waals surface area contributed by atoms with Crippen LogP contribution in [0.2, 0.25) is 5.02 Å². The number of rotatable bonds is 7. The van der Waals surface area contributed by atoms with E-state index in [-0.39, 0.29) is 12.2 Å². The summed E-state index contributed by atoms with van der Waals surface area (Å²) < 4.78 is 8.08. The number of fused-ring (bicyclic) bond motifs is 2. The van der Waals surface area contributed by atoms with Gasteiger partial charge in [0, 0.05) is 20.4 Å². The van der Waals surface area contributed by atoms with Gasteiger partial charge in [0.2, 0.25) is 0 Å². The van der Waals surface area contributed by atoms with Gasteiger partial charge in [0.15, 0.2) is 5.16 Å². The molecule has 0 unspecified atom stereocenters. The SMILES string of the molecule is CCOC(=O)c1sc2nc(SCc3csc4ccc(Cl)cc34)n(Cc3cccs3)c(=O)c2c1C. The fraction of sp³-hybridized carbons (Fsp3) is 0.208. The molecular weight excluding hydrogens is 528 g/mol. The number of aryl methyl sites for hydroxylation is 1. The summed E-state index contributed by atoms with van der Waals surface area (Å²) in [5.41, 5.74) is 1.65. The number of halogens is 1. The van der Waals surface area contributed by atoms with Crippen LogP contribution in [-0.4, -0.2) is 22.1 Å². The number of nitrogens with zero attached hydrogens (tertiary/aromatic N) is 2. The Morgan fingerprint density at radius 2 is 2.12 bits per heavy atom. The topological polar surface area (TPSA) is 61.2 Å². The third-order valence-corrected chi connectivity index (χ3v) is 9.64. The van der Waals surface area contributed by atoms with Gasteiger partial charge in [-0.2, -0.15) is 0 Å². The molecule has 0 atom stereocenters. The fourth-order valence-corrected chi connectivity index (χ4v) is 7.72. The molecule has 0 aliphatic rings. The molecule has 4 heterocycles. The normalized spacial score (nSPS) is 11.5. The lowest BCUT2D eigenvalue weighted by molar-refractivity contribution is 0.0531. The van der Waals surface area contributed by atoms with E-state index in [1.807, 2.05) is 35.7 Å². The van der Waals surface area contributed by atoms with Gasteiger partial charge in [-0.3, -0.25) is 9.36 Å². The van der Waals surface area contributed by atoms with Crippen molar-refractivity contribution in [1.29, 1.82) is 0 Å². The van der Waals surface area contributed by atoms with Crippen LogP contribution in [0, 0.1) is 6.92 Å². The Labute approximate surface area is 217 Å². The van der Waals surface area contributed by atoms with E-state index in [1.165, 1.54) is 27.8 Å². The Kier molecular flexibility index (Phi) is 6.81. The van der Waals surface area contributed by atoms with Gasteiger partial charge in [-0.05, 0) is 65.4 Å². The second-order valence-corrected chi connectivity index (χ2v) is 11.8. The van der Waals surface area contributed by atoms with Gasteiger partial charge in [0.25, 0.3) is 5.56 Å². The molecule has 0 fully saturated rings. The molecule has 34 heavy (non-hydrogen) atoms. The summed E-state index contributed by atoms with van der Waals surface area (Å²) in [6.45, 7) is 4.27. The number of hydrogen-bond acceptors (Lipinski definition) is 8. The van der Waals surface area contributed by atoms with Crippen molar-refractivity contribution in [2.45, 2.75) is 31.3 Å². The van der Waals surface area contributed by atoms with Crippen LogP contribution in [0.25, 0.3) is 20.3 Å². The molecular formula is C24H19ClN2O3S4. The van der Waals surface area contributed by atoms with Crippen LogP contribution >= 0.6 is 57.4 Å². The third kappa shape index (κ3) is 4.43. The molecule has 0 aliphatic heterocycles. The molecule has 0 radical (unpaired) electrons. The Morgan fingerprint density at radius 1 is 1.26 bits per heavy atom. The first-order valence-corrected chi connectivity index (χ1v) is 14.4. The minimum absolute atomic E-state index is 0.136. The Hall–Kier alpha value is -2.17. The number of thioether (sulfide) groups is 1. The van der Waals surface area contributed by atoms with Gasteiger partial charge in [0.05, 0.1) is 18.5 Å². The minimum atomic E-state index is -0.414. The first kappa shape index (κ1) is 23.6. The summed E-state index contributed by atoms with van der Waals surface area (Å²) in [7, 11) is 0. The van der Waals surface area contributed by atoms with Gasteiger partial charge < -0.3 is 4.74 Å². The van der Waals surface area contributed by atoms with E-state index < -0.39 is 5.97 Å². The molecule has 1 aromatic carbocycles. The fourth-order valence-electron chi connectivity index (χ4n) is 3.71. The second kappa shape index (κ2) is 9.83. The van der Waals surface area contributed by atoms with E-state index in [0.717, 1.165) is 15.8 Å². The second-order valence-electron chi connectivity index (χ2n) is 7.51. The van der Waals surface area contributed by atoms with E-state index in [4.69, 9.17) is 21.3 Å². The number of aromatic nitrogens is 2. The number of thiophene rings is 3. The number of hydrogen-bond donors (Lipinski definition) is 0. The van der Waals surface area contributed by atoms with Crippen molar-refractivity contribution >= 4 is 83.6 Å². The Bertz CT molecular complexity index is 1570. The lowest BCUT2D eigenvalue weighted by Crippen LogP contribution is -2.23. The average Bonchev–Trinajstić information content (AvgIpc) is 3.54. The van der Waals surface area contributed by atoms with Gasteiger partial charge in [-0.1, -0.05) is 29.4 Å². The molecule has 0 bridgehead atoms. The van der Waals surface area contributed by atoms with Crippen molar-refractivity contribution in [2.75, 3.05) is 6.61 Å². The monoisotopic (exact) mass is 546 g/mol. The van der Waals surface area contributed by atoms with Gasteiger partial charge in [-0.25, -0.2) is 9.78 Å². The van der Waals surface area contributed by atoms with Crippen molar-refractivity contribution in [1.82, 2.24) is 9.55 Å². The number of carbonyl (C=O) groups excluding carboxylic acids is 1. The molecule has 0 N–H and O–H groups in total. The maximum atomic E-state index is 13.7. The maximum Gasteiger partial charge on any atom is 0.348 e. The number of ether oxygens (including phenoxy) is 1. The van der Waals surface area contributed by atoms with Crippen molar-refractivity contribution in [3.63, 3.8) is 0 Å². The standard InChI is InChI=1S/C24H19ClN2O3S4/c1-3-30-23(29)20-13(2)19-21(34-20)26-24(27(22(19)28)10-16-5-4-8-31-16)33-12-14-11-32-18-7-6-15(25)9-17(14)18/h4-9,11H,3,10,12H2,1-2H3. The van der Waals surface area contributed by atoms with Crippen molar-refractivity contribution in [2.24, 2.45) is 0 Å². The highest BCUT2D eigenvalue weighted by Gasteiger charge is 2.23. The van der Waals surface area contributed by atoms with Crippen LogP contribution in [0.15, 0.2) is 51.0 Å². The van der Waals surface area contributed by atoms with Crippen molar-refractivity contribution < 1.29 is 9.53 Å². The van der Waals surface area contributed by atoms with E-state index in [9.17, 15) is 9.59 Å². The van der Waals surface area contributed by atoms with Crippen molar-refractivity contribution in [3.8, 4) is 0 Å². The zero-order chi connectivity index (χ0) is 23.8. The van der Waals surface area contributed by atoms with Gasteiger partial charge in [-0.15, -0.1) is 34.0 Å². The first-order valence-electron chi connectivity index (χ1n) is 10.5. The minimum Gasteiger partial charge on any atom is -0.462 e. The van der Waals surface area contributed by atoms with Crippen LogP contribution in [0.5, 0.6) is 0 Å². The third-order valence-electron chi connectivity index (χ3n) is 5.34. The molecule has 174 valence electrons. The van der Waals surface area contributed by atoms with E-state index in [0.29, 0.717) is 43.1 Å². The summed E-state index contributed by atoms with van der Waals surface area (Å²) in [6.07, 6.45) is 0. The number of esters is 1. The average molecular weight is 547 g/mol. The zero-order valence-corrected chi connectivity index (χ0v) is 22.3. The molecule has 0 saturated heterocycles. The highest BCUT2D eigenvalue weighted by molar-refractivity contribution is 7.98. The van der Waals surface area contributed by atoms with E-state index in [2.05, 4.69) is 5.38 Å². The van der Waals surface area contributed by atoms with Gasteiger partial charge in [0.1, 0.15) is 9.71 Å². The summed E-state index contributed by atoms with van der Waals surface area (Å²) >= 11 is 12.2. The largest absolute Gasteiger partial charge is 0.462 e. The molecule has 0 saturated carbocycles. The van der Waals surface area contributed by atoms with Crippen LogP contribution in [-0.2, 0) is 17.0 Å². The van der Waals surface area contributed by atoms with Crippen molar-refractivity contribution in [3.05, 3.63) is 77.3 Å². The Balaban J connectivity index is 1.59. The number of benzene rings is 1. The smallest absolute Gasteiger partial charge is 0.348 e. The predicted molar refractivity (Wildman–Crippen MR) is 144 cm³/mol. The zero-order valence-electron chi connectivity index (χ0n) is 18.3. The molecule has 4 aromatic heterocycles. The maximum absolute atomic E-state index is 13.7. The van der Waals surface area contributed by atoms with Crippen LogP contribution in [0.4, 0.5) is 0 Å². The lowest BCUT2D eigenvalue weighted by atomic mass is 10.2. The van der Waals surface area contributed by atoms with Crippen LogP contribution in [0.1, 0.15) is 32.6 Å². The lowest BCUT2D eigenvalue weighted by Gasteiger charge is -2.11.